The molecule has 10 radical (unpaired) electrons. The van der Waals surface area contributed by atoms with E-state index >= 15 is 0 Å². The second-order valence-corrected chi connectivity index (χ2v) is 19.3. The molecule has 2 fully saturated rings. The minimum absolute atomic E-state index is 0.734. The first-order valence-electron chi connectivity index (χ1n) is 20.1. The van der Waals surface area contributed by atoms with Gasteiger partial charge in [-0.05, 0) is 144 Å². The summed E-state index contributed by atoms with van der Waals surface area (Å²) in [6.07, 6.45) is 15.7. The maximum atomic E-state index is 2.41. The van der Waals surface area contributed by atoms with Gasteiger partial charge in [0, 0.05) is 11.3 Å². The third-order valence-corrected chi connectivity index (χ3v) is 16.4. The topological polar surface area (TPSA) is 0 Å². The highest BCUT2D eigenvalue weighted by molar-refractivity contribution is 7.76. The second-order valence-electron chi connectivity index (χ2n) is 14.9. The number of hydrogen-bond donors (Lipinski definition) is 0. The summed E-state index contributed by atoms with van der Waals surface area (Å²) in [7, 11) is -1.47. The Balaban J connectivity index is 1.09. The van der Waals surface area contributed by atoms with Crippen molar-refractivity contribution in [1.29, 1.82) is 0 Å². The van der Waals surface area contributed by atoms with Crippen molar-refractivity contribution in [2.45, 2.75) is 12.8 Å². The molecule has 0 bridgehead atoms. The van der Waals surface area contributed by atoms with Gasteiger partial charge >= 0.3 is 0 Å². The normalized spacial score (nSPS) is 15.7. The molecule has 0 heterocycles. The van der Waals surface area contributed by atoms with E-state index in [1.165, 1.54) is 88.2 Å². The van der Waals surface area contributed by atoms with E-state index < -0.39 is 15.8 Å². The largest absolute Gasteiger partial charge is 0.0622 e. The van der Waals surface area contributed by atoms with Gasteiger partial charge in [-0.25, -0.2) is 0 Å². The highest BCUT2D eigenvalue weighted by atomic mass is 31.1. The maximum Gasteiger partial charge on any atom is 0.0198 e. The minimum Gasteiger partial charge on any atom is -0.0622 e. The summed E-state index contributed by atoms with van der Waals surface area (Å²) in [6, 6.07) is 71.8. The van der Waals surface area contributed by atoms with Gasteiger partial charge in [0.05, 0.1) is 0 Å². The van der Waals surface area contributed by atoms with Crippen LogP contribution in [-0.2, 0) is 12.8 Å². The first-order valence-corrected chi connectivity index (χ1v) is 22.8. The van der Waals surface area contributed by atoms with Crippen LogP contribution in [0.1, 0.15) is 11.1 Å². The van der Waals surface area contributed by atoms with Crippen molar-refractivity contribution < 1.29 is 0 Å². The van der Waals surface area contributed by atoms with Crippen molar-refractivity contribution >= 4 is 58.6 Å². The van der Waals surface area contributed by atoms with Crippen LogP contribution in [0.5, 0.6) is 0 Å². The molecule has 0 atom stereocenters. The Morgan fingerprint density at radius 3 is 0.983 bits per heavy atom. The SMILES string of the molecule is [CH]1[CH][C](Cc2ccc3ccccc3c2-c2c(C[C]3[CH][CH][CH][C]3P(c3ccccc3)c3ccccc3)ccc3ccccc23)[C](P(c2ccccc2)c2ccccc2)[CH]1. The number of rotatable bonds is 11. The van der Waals surface area contributed by atoms with E-state index in [1.807, 2.05) is 0 Å². The Hall–Kier alpha value is -4.86. The van der Waals surface area contributed by atoms with E-state index in [0.717, 1.165) is 12.8 Å². The highest BCUT2D eigenvalue weighted by Gasteiger charge is 2.39. The van der Waals surface area contributed by atoms with Crippen molar-refractivity contribution in [3.05, 3.63) is 267 Å². The van der Waals surface area contributed by atoms with Gasteiger partial charge in [-0.3, -0.25) is 0 Å². The van der Waals surface area contributed by atoms with Crippen LogP contribution in [0.2, 0.25) is 0 Å². The fraction of sp³-hybridized carbons (Fsp3) is 0.0357. The first kappa shape index (κ1) is 37.4. The molecule has 2 heteroatoms. The van der Waals surface area contributed by atoms with Gasteiger partial charge in [0.1, 0.15) is 0 Å². The summed E-state index contributed by atoms with van der Waals surface area (Å²) in [5.74, 6) is 2.79. The molecule has 0 aromatic heterocycles. The van der Waals surface area contributed by atoms with Crippen molar-refractivity contribution in [3.63, 3.8) is 0 Å². The number of hydrogen-bond acceptors (Lipinski definition) is 0. The lowest BCUT2D eigenvalue weighted by Crippen LogP contribution is -2.20. The monoisotopic (exact) mass is 776 g/mol. The van der Waals surface area contributed by atoms with E-state index in [9.17, 15) is 0 Å². The van der Waals surface area contributed by atoms with E-state index in [0.29, 0.717) is 0 Å². The quantitative estimate of drug-likeness (QED) is 0.115. The van der Waals surface area contributed by atoms with Gasteiger partial charge in [0.25, 0.3) is 0 Å². The van der Waals surface area contributed by atoms with Crippen LogP contribution in [-0.4, -0.2) is 0 Å². The molecule has 2 aliphatic carbocycles. The van der Waals surface area contributed by atoms with Crippen molar-refractivity contribution in [1.82, 2.24) is 0 Å². The lowest BCUT2D eigenvalue weighted by atomic mass is 9.82. The molecule has 8 aromatic carbocycles. The van der Waals surface area contributed by atoms with Gasteiger partial charge in [0.15, 0.2) is 0 Å². The van der Waals surface area contributed by atoms with Gasteiger partial charge in [-0.2, -0.15) is 0 Å². The minimum atomic E-state index is -0.734. The Morgan fingerprint density at radius 1 is 0.293 bits per heavy atom. The Kier molecular flexibility index (Phi) is 11.1. The summed E-state index contributed by atoms with van der Waals surface area (Å²) in [5.41, 5.74) is 8.28. The van der Waals surface area contributed by atoms with Crippen molar-refractivity contribution in [2.75, 3.05) is 0 Å². The van der Waals surface area contributed by atoms with Gasteiger partial charge in [0.2, 0.25) is 0 Å². The lowest BCUT2D eigenvalue weighted by molar-refractivity contribution is 1.02. The molecule has 8 aromatic rings. The summed E-state index contributed by atoms with van der Waals surface area (Å²) in [4.78, 5) is 0. The number of fused-ring (bicyclic) bond motifs is 2. The fourth-order valence-electron chi connectivity index (χ4n) is 8.72. The van der Waals surface area contributed by atoms with Crippen molar-refractivity contribution in [3.8, 4) is 11.1 Å². The molecular weight excluding hydrogens is 735 g/mol. The molecule has 0 aliphatic heterocycles. The van der Waals surface area contributed by atoms with Gasteiger partial charge in [-0.15, -0.1) is 0 Å². The van der Waals surface area contributed by atoms with E-state index in [-0.39, 0.29) is 0 Å². The predicted octanol–water partition coefficient (Wildman–Crippen LogP) is 12.5. The lowest BCUT2D eigenvalue weighted by Gasteiger charge is -2.31. The molecule has 0 nitrogen and oxygen atoms in total. The molecule has 2 saturated carbocycles. The molecule has 58 heavy (non-hydrogen) atoms. The third kappa shape index (κ3) is 7.48. The van der Waals surface area contributed by atoms with Crippen LogP contribution >= 0.6 is 15.8 Å². The molecule has 2 aliphatic rings. The van der Waals surface area contributed by atoms with Crippen LogP contribution in [0.25, 0.3) is 32.7 Å². The van der Waals surface area contributed by atoms with E-state index in [1.54, 1.807) is 0 Å². The summed E-state index contributed by atoms with van der Waals surface area (Å²) < 4.78 is 0. The Morgan fingerprint density at radius 2 is 0.621 bits per heavy atom. The molecule has 0 amide bonds. The predicted molar refractivity (Wildman–Crippen MR) is 251 cm³/mol. The zero-order valence-corrected chi connectivity index (χ0v) is 34.0. The Bertz CT molecular complexity index is 2340. The van der Waals surface area contributed by atoms with Crippen LogP contribution in [0.15, 0.2) is 194 Å². The third-order valence-electron chi connectivity index (χ3n) is 11.3. The highest BCUT2D eigenvalue weighted by Crippen LogP contribution is 2.59. The molecule has 0 spiro atoms. The zero-order valence-electron chi connectivity index (χ0n) is 32.2. The molecule has 0 unspecified atom stereocenters. The second kappa shape index (κ2) is 17.2. The maximum absolute atomic E-state index is 2.41. The molecule has 0 saturated heterocycles. The van der Waals surface area contributed by atoms with E-state index in [4.69, 9.17) is 0 Å². The smallest absolute Gasteiger partial charge is 0.0198 e. The molecule has 0 N–H and O–H groups in total. The zero-order chi connectivity index (χ0) is 38.7. The van der Waals surface area contributed by atoms with E-state index in [2.05, 4.69) is 233 Å². The molecular formula is C56H42P2. The van der Waals surface area contributed by atoms with Crippen LogP contribution in [0, 0.1) is 61.7 Å². The van der Waals surface area contributed by atoms with Crippen LogP contribution in [0.4, 0.5) is 0 Å². The first-order chi connectivity index (χ1) is 28.8. The van der Waals surface area contributed by atoms with Gasteiger partial charge in [-0.1, -0.05) is 194 Å². The summed E-state index contributed by atoms with van der Waals surface area (Å²) >= 11 is 0. The van der Waals surface area contributed by atoms with Crippen LogP contribution in [0.3, 0.4) is 0 Å². The molecule has 10 rings (SSSR count). The number of benzene rings is 8. The average molecular weight is 777 g/mol. The van der Waals surface area contributed by atoms with Crippen molar-refractivity contribution in [2.24, 2.45) is 0 Å². The summed E-state index contributed by atoms with van der Waals surface area (Å²) in [5, 5.41) is 10.7. The summed E-state index contributed by atoms with van der Waals surface area (Å²) in [6.45, 7) is 0. The molecule has 276 valence electrons. The Labute approximate surface area is 347 Å². The standard InChI is InChI=1S/C56H42P2/c1-5-23-47(24-6-1)57(48-25-7-2-8-26-48)53-33-17-21-43(53)39-45-37-35-41-19-13-15-31-51(41)55(45)56-46(38-36-42-20-14-16-32-52(42)56)40-44-22-18-34-54(44)58(49-27-9-3-10-28-49)50-29-11-4-12-30-50/h1-38H,39-40H2. The van der Waals surface area contributed by atoms with Gasteiger partial charge < -0.3 is 0 Å². The average Bonchev–Trinajstić information content (AvgIpc) is 3.95. The fourth-order valence-corrected chi connectivity index (χ4v) is 13.7. The van der Waals surface area contributed by atoms with Crippen LogP contribution < -0.4 is 21.2 Å².